The van der Waals surface area contributed by atoms with Crippen molar-refractivity contribution in [2.75, 3.05) is 0 Å². The maximum absolute atomic E-state index is 11.8. The van der Waals surface area contributed by atoms with Gasteiger partial charge in [0.2, 0.25) is 0 Å². The summed E-state index contributed by atoms with van der Waals surface area (Å²) in [6.07, 6.45) is 1.73. The van der Waals surface area contributed by atoms with E-state index >= 15 is 0 Å². The second kappa shape index (κ2) is 4.73. The second-order valence-electron chi connectivity index (χ2n) is 4.19. The van der Waals surface area contributed by atoms with Crippen LogP contribution >= 0.6 is 22.6 Å². The summed E-state index contributed by atoms with van der Waals surface area (Å²) in [5, 5.41) is 2.06. The molecule has 2 aromatic heterocycles. The van der Waals surface area contributed by atoms with Gasteiger partial charge in [0, 0.05) is 11.6 Å². The third-order valence-corrected chi connectivity index (χ3v) is 4.20. The number of aromatic nitrogens is 3. The van der Waals surface area contributed by atoms with E-state index in [4.69, 9.17) is 0 Å². The molecule has 3 aromatic rings. The normalized spacial score (nSPS) is 10.8. The minimum Gasteiger partial charge on any atom is -0.304 e. The SMILES string of the molecule is Cc1nc(-c2nccc3ccccc23)[nH]c(=O)c1I. The molecule has 1 aromatic carbocycles. The molecule has 0 fully saturated rings. The highest BCUT2D eigenvalue weighted by Gasteiger charge is 2.10. The van der Waals surface area contributed by atoms with Gasteiger partial charge in [-0.15, -0.1) is 0 Å². The summed E-state index contributed by atoms with van der Waals surface area (Å²) in [6.45, 7) is 1.83. The minimum atomic E-state index is -0.127. The van der Waals surface area contributed by atoms with Crippen molar-refractivity contribution in [1.29, 1.82) is 0 Å². The largest absolute Gasteiger partial charge is 0.304 e. The summed E-state index contributed by atoms with van der Waals surface area (Å²) in [4.78, 5) is 23.4. The molecular formula is C14H10IN3O. The van der Waals surface area contributed by atoms with Gasteiger partial charge in [0.15, 0.2) is 5.82 Å². The fraction of sp³-hybridized carbons (Fsp3) is 0.0714. The van der Waals surface area contributed by atoms with Crippen molar-refractivity contribution in [2.45, 2.75) is 6.92 Å². The molecule has 5 heteroatoms. The van der Waals surface area contributed by atoms with Crippen LogP contribution in [0.15, 0.2) is 41.3 Å². The Balaban J connectivity index is 2.34. The Morgan fingerprint density at radius 3 is 2.79 bits per heavy atom. The third kappa shape index (κ3) is 2.14. The Labute approximate surface area is 123 Å². The number of benzene rings is 1. The third-order valence-electron chi connectivity index (χ3n) is 2.93. The van der Waals surface area contributed by atoms with Crippen molar-refractivity contribution in [2.24, 2.45) is 0 Å². The van der Waals surface area contributed by atoms with Crippen LogP contribution in [-0.2, 0) is 0 Å². The molecule has 0 saturated carbocycles. The monoisotopic (exact) mass is 363 g/mol. The van der Waals surface area contributed by atoms with E-state index in [1.807, 2.05) is 59.8 Å². The zero-order valence-electron chi connectivity index (χ0n) is 10.1. The van der Waals surface area contributed by atoms with Crippen LogP contribution in [0.2, 0.25) is 0 Å². The molecule has 0 amide bonds. The van der Waals surface area contributed by atoms with Gasteiger partial charge in [0.25, 0.3) is 5.56 Å². The van der Waals surface area contributed by atoms with Gasteiger partial charge in [-0.3, -0.25) is 9.78 Å². The first-order chi connectivity index (χ1) is 9.16. The number of nitrogens with zero attached hydrogens (tertiary/aromatic N) is 2. The van der Waals surface area contributed by atoms with Crippen molar-refractivity contribution in [3.8, 4) is 11.5 Å². The van der Waals surface area contributed by atoms with Crippen LogP contribution < -0.4 is 5.56 Å². The van der Waals surface area contributed by atoms with Gasteiger partial charge in [-0.2, -0.15) is 0 Å². The first-order valence-electron chi connectivity index (χ1n) is 5.77. The summed E-state index contributed by atoms with van der Waals surface area (Å²) < 4.78 is 0.613. The predicted octanol–water partition coefficient (Wildman–Crippen LogP) is 2.90. The van der Waals surface area contributed by atoms with Crippen LogP contribution in [0.4, 0.5) is 0 Å². The van der Waals surface area contributed by atoms with E-state index in [2.05, 4.69) is 15.0 Å². The lowest BCUT2D eigenvalue weighted by Crippen LogP contribution is -2.15. The van der Waals surface area contributed by atoms with Gasteiger partial charge in [-0.1, -0.05) is 24.3 Å². The summed E-state index contributed by atoms with van der Waals surface area (Å²) in [7, 11) is 0. The number of H-pyrrole nitrogens is 1. The lowest BCUT2D eigenvalue weighted by atomic mass is 10.1. The molecule has 0 atom stereocenters. The molecule has 0 saturated heterocycles. The van der Waals surface area contributed by atoms with Crippen LogP contribution in [-0.4, -0.2) is 15.0 Å². The molecule has 0 aliphatic heterocycles. The lowest BCUT2D eigenvalue weighted by Gasteiger charge is -2.06. The predicted molar refractivity (Wildman–Crippen MR) is 83.0 cm³/mol. The number of aromatic amines is 1. The summed E-state index contributed by atoms with van der Waals surface area (Å²) in [6, 6.07) is 9.85. The van der Waals surface area contributed by atoms with Crippen molar-refractivity contribution < 1.29 is 0 Å². The maximum Gasteiger partial charge on any atom is 0.264 e. The van der Waals surface area contributed by atoms with Crippen molar-refractivity contribution >= 4 is 33.4 Å². The highest BCUT2D eigenvalue weighted by molar-refractivity contribution is 14.1. The molecule has 94 valence electrons. The van der Waals surface area contributed by atoms with Crippen LogP contribution in [0.3, 0.4) is 0 Å². The standard InChI is InChI=1S/C14H10IN3O/c1-8-11(15)14(19)18-13(17-8)12-10-5-3-2-4-9(10)6-7-16-12/h2-7H,1H3,(H,17,18,19). The van der Waals surface area contributed by atoms with E-state index in [0.717, 1.165) is 10.8 Å². The van der Waals surface area contributed by atoms with Gasteiger partial charge in [0.1, 0.15) is 5.69 Å². The summed E-state index contributed by atoms with van der Waals surface area (Å²) in [5.41, 5.74) is 1.29. The number of aryl methyl sites for hydroxylation is 1. The maximum atomic E-state index is 11.8. The lowest BCUT2D eigenvalue weighted by molar-refractivity contribution is 1.04. The number of hydrogen-bond donors (Lipinski definition) is 1. The zero-order chi connectivity index (χ0) is 13.4. The number of pyridine rings is 1. The second-order valence-corrected chi connectivity index (χ2v) is 5.27. The minimum absolute atomic E-state index is 0.127. The van der Waals surface area contributed by atoms with Gasteiger partial charge in [-0.05, 0) is 41.0 Å². The number of hydrogen-bond acceptors (Lipinski definition) is 3. The Morgan fingerprint density at radius 2 is 2.00 bits per heavy atom. The molecule has 0 aliphatic carbocycles. The van der Waals surface area contributed by atoms with Crippen LogP contribution in [0.1, 0.15) is 5.69 Å². The van der Waals surface area contributed by atoms with E-state index in [1.54, 1.807) is 6.20 Å². The molecule has 3 rings (SSSR count). The fourth-order valence-electron chi connectivity index (χ4n) is 1.99. The molecule has 19 heavy (non-hydrogen) atoms. The molecular weight excluding hydrogens is 353 g/mol. The topological polar surface area (TPSA) is 58.6 Å². The summed E-state index contributed by atoms with van der Waals surface area (Å²) in [5.74, 6) is 0.514. The Morgan fingerprint density at radius 1 is 1.21 bits per heavy atom. The number of rotatable bonds is 1. The zero-order valence-corrected chi connectivity index (χ0v) is 12.3. The van der Waals surface area contributed by atoms with Crippen LogP contribution in [0.25, 0.3) is 22.3 Å². The van der Waals surface area contributed by atoms with Crippen LogP contribution in [0.5, 0.6) is 0 Å². The van der Waals surface area contributed by atoms with Gasteiger partial charge in [0.05, 0.1) is 9.26 Å². The van der Waals surface area contributed by atoms with Crippen molar-refractivity contribution in [1.82, 2.24) is 15.0 Å². The number of nitrogens with one attached hydrogen (secondary N) is 1. The molecule has 0 radical (unpaired) electrons. The average Bonchev–Trinajstić information content (AvgIpc) is 2.43. The first kappa shape index (κ1) is 12.3. The van der Waals surface area contributed by atoms with E-state index in [0.29, 0.717) is 20.8 Å². The molecule has 1 N–H and O–H groups in total. The summed E-state index contributed by atoms with van der Waals surface area (Å²) >= 11 is 2.00. The van der Waals surface area contributed by atoms with E-state index in [1.165, 1.54) is 0 Å². The smallest absolute Gasteiger partial charge is 0.264 e. The molecule has 2 heterocycles. The molecule has 0 spiro atoms. The highest BCUT2D eigenvalue weighted by Crippen LogP contribution is 2.23. The Bertz CT molecular complexity index is 821. The first-order valence-corrected chi connectivity index (χ1v) is 6.85. The molecule has 0 unspecified atom stereocenters. The molecule has 0 bridgehead atoms. The molecule has 4 nitrogen and oxygen atoms in total. The van der Waals surface area contributed by atoms with Gasteiger partial charge < -0.3 is 4.98 Å². The fourth-order valence-corrected chi connectivity index (χ4v) is 2.25. The highest BCUT2D eigenvalue weighted by atomic mass is 127. The Hall–Kier alpha value is -1.76. The van der Waals surface area contributed by atoms with E-state index in [-0.39, 0.29) is 5.56 Å². The Kier molecular flexibility index (Phi) is 3.06. The quantitative estimate of drug-likeness (QED) is 0.677. The number of fused-ring (bicyclic) bond motifs is 1. The average molecular weight is 363 g/mol. The van der Waals surface area contributed by atoms with Crippen LogP contribution in [0, 0.1) is 10.5 Å². The van der Waals surface area contributed by atoms with Gasteiger partial charge in [-0.25, -0.2) is 4.98 Å². The van der Waals surface area contributed by atoms with Gasteiger partial charge >= 0.3 is 0 Å². The van der Waals surface area contributed by atoms with Crippen molar-refractivity contribution in [3.05, 3.63) is 56.1 Å². The number of halogens is 1. The van der Waals surface area contributed by atoms with Crippen molar-refractivity contribution in [3.63, 3.8) is 0 Å². The van der Waals surface area contributed by atoms with E-state index in [9.17, 15) is 4.79 Å². The van der Waals surface area contributed by atoms with E-state index < -0.39 is 0 Å². The molecule has 0 aliphatic rings.